The van der Waals surface area contributed by atoms with E-state index >= 15 is 0 Å². The lowest BCUT2D eigenvalue weighted by Gasteiger charge is -2.32. The number of amides is 3. The topological polar surface area (TPSA) is 66.5 Å². The van der Waals surface area contributed by atoms with Gasteiger partial charge in [-0.1, -0.05) is 40.2 Å². The number of carbonyl (C=O) groups is 3. The molecule has 5 nitrogen and oxygen atoms in total. The third-order valence-corrected chi connectivity index (χ3v) is 6.17. The molecule has 0 radical (unpaired) electrons. The Labute approximate surface area is 152 Å². The van der Waals surface area contributed by atoms with Crippen molar-refractivity contribution in [3.8, 4) is 0 Å². The number of rotatable bonds is 0. The van der Waals surface area contributed by atoms with E-state index < -0.39 is 17.4 Å². The first-order valence-corrected chi connectivity index (χ1v) is 8.79. The summed E-state index contributed by atoms with van der Waals surface area (Å²) in [6, 6.07) is 13.0. The van der Waals surface area contributed by atoms with E-state index in [2.05, 4.69) is 21.2 Å². The highest BCUT2D eigenvalue weighted by molar-refractivity contribution is 9.10. The molecule has 3 aliphatic rings. The molecule has 1 spiro atoms. The molecule has 5 rings (SSSR count). The van der Waals surface area contributed by atoms with Crippen molar-refractivity contribution < 1.29 is 14.4 Å². The number of fused-ring (bicyclic) bond motifs is 7. The van der Waals surface area contributed by atoms with Gasteiger partial charge in [-0.15, -0.1) is 0 Å². The van der Waals surface area contributed by atoms with Crippen LogP contribution in [0.3, 0.4) is 0 Å². The second-order valence-electron chi connectivity index (χ2n) is 6.73. The molecule has 2 aromatic carbocycles. The second-order valence-corrected chi connectivity index (χ2v) is 7.65. The van der Waals surface area contributed by atoms with Crippen LogP contribution in [0.15, 0.2) is 46.9 Å². The minimum absolute atomic E-state index is 0.211. The highest BCUT2D eigenvalue weighted by atomic mass is 79.9. The van der Waals surface area contributed by atoms with Crippen LogP contribution in [0, 0.1) is 5.92 Å². The lowest BCUT2D eigenvalue weighted by molar-refractivity contribution is -0.138. The zero-order valence-corrected chi connectivity index (χ0v) is 14.8. The van der Waals surface area contributed by atoms with E-state index in [4.69, 9.17) is 0 Å². The summed E-state index contributed by atoms with van der Waals surface area (Å²) in [6.45, 7) is 0. The molecule has 124 valence electrons. The number of carbonyl (C=O) groups excluding carboxylic acids is 3. The Kier molecular flexibility index (Phi) is 2.72. The molecule has 2 aromatic rings. The summed E-state index contributed by atoms with van der Waals surface area (Å²) in [7, 11) is 1.51. The van der Waals surface area contributed by atoms with E-state index in [1.807, 2.05) is 36.4 Å². The summed E-state index contributed by atoms with van der Waals surface area (Å²) < 4.78 is 0.827. The fourth-order valence-electron chi connectivity index (χ4n) is 4.67. The number of imide groups is 1. The van der Waals surface area contributed by atoms with Gasteiger partial charge in [0.25, 0.3) is 5.91 Å². The Balaban J connectivity index is 1.89. The number of halogens is 1. The average Bonchev–Trinajstić information content (AvgIpc) is 3.14. The molecule has 2 heterocycles. The Morgan fingerprint density at radius 1 is 1.04 bits per heavy atom. The van der Waals surface area contributed by atoms with Crippen LogP contribution in [0.5, 0.6) is 0 Å². The fraction of sp³-hybridized carbons (Fsp3) is 0.211. The Morgan fingerprint density at radius 2 is 1.80 bits per heavy atom. The van der Waals surface area contributed by atoms with Gasteiger partial charge in [0.05, 0.1) is 11.8 Å². The Bertz CT molecular complexity index is 1000. The standard InChI is InChI=1S/C19H13BrN2O3/c1-22-17(24)14-10-4-2-3-5-12(10)19(15(14)18(22)25)13-8-9(20)6-7-11(13)16(23)21-19/h2-8,14-15H,1H3,(H,21,23). The molecule has 6 heteroatoms. The van der Waals surface area contributed by atoms with Crippen LogP contribution in [0.4, 0.5) is 0 Å². The molecule has 3 unspecified atom stereocenters. The van der Waals surface area contributed by atoms with Gasteiger partial charge in [0.2, 0.25) is 11.8 Å². The molecule has 1 saturated heterocycles. The fourth-order valence-corrected chi connectivity index (χ4v) is 5.03. The first kappa shape index (κ1) is 14.8. The maximum absolute atomic E-state index is 13.0. The molecule has 3 amide bonds. The molecule has 0 bridgehead atoms. The normalized spacial score (nSPS) is 29.0. The van der Waals surface area contributed by atoms with Gasteiger partial charge in [0.15, 0.2) is 0 Å². The molecule has 1 fully saturated rings. The Morgan fingerprint density at radius 3 is 2.60 bits per heavy atom. The van der Waals surface area contributed by atoms with Crippen molar-refractivity contribution in [1.82, 2.24) is 10.2 Å². The summed E-state index contributed by atoms with van der Waals surface area (Å²) in [5.74, 6) is -1.88. The monoisotopic (exact) mass is 396 g/mol. The molecule has 1 aliphatic carbocycles. The molecule has 1 N–H and O–H groups in total. The maximum Gasteiger partial charge on any atom is 0.252 e. The van der Waals surface area contributed by atoms with Crippen LogP contribution in [-0.2, 0) is 15.1 Å². The first-order valence-electron chi connectivity index (χ1n) is 8.00. The van der Waals surface area contributed by atoms with Gasteiger partial charge in [-0.2, -0.15) is 0 Å². The number of likely N-dealkylation sites (N-methyl/N-ethyl adjacent to an activating group) is 1. The summed E-state index contributed by atoms with van der Waals surface area (Å²) in [5, 5.41) is 3.06. The van der Waals surface area contributed by atoms with Crippen LogP contribution < -0.4 is 5.32 Å². The van der Waals surface area contributed by atoms with Gasteiger partial charge in [-0.25, -0.2) is 0 Å². The van der Waals surface area contributed by atoms with Crippen molar-refractivity contribution >= 4 is 33.7 Å². The lowest BCUT2D eigenvalue weighted by atomic mass is 9.76. The van der Waals surface area contributed by atoms with E-state index in [0.29, 0.717) is 5.56 Å². The minimum Gasteiger partial charge on any atom is -0.337 e. The van der Waals surface area contributed by atoms with E-state index in [1.54, 1.807) is 6.07 Å². The number of hydrogen-bond donors (Lipinski definition) is 1. The molecular formula is C19H13BrN2O3. The predicted molar refractivity (Wildman–Crippen MR) is 92.8 cm³/mol. The van der Waals surface area contributed by atoms with Gasteiger partial charge in [0.1, 0.15) is 5.54 Å². The zero-order chi connectivity index (χ0) is 17.5. The Hall–Kier alpha value is -2.47. The van der Waals surface area contributed by atoms with E-state index in [9.17, 15) is 14.4 Å². The summed E-state index contributed by atoms with van der Waals surface area (Å²) >= 11 is 3.47. The van der Waals surface area contributed by atoms with Crippen molar-refractivity contribution in [1.29, 1.82) is 0 Å². The van der Waals surface area contributed by atoms with Crippen LogP contribution in [0.25, 0.3) is 0 Å². The van der Waals surface area contributed by atoms with E-state index in [1.165, 1.54) is 11.9 Å². The maximum atomic E-state index is 13.0. The third kappa shape index (κ3) is 1.56. The van der Waals surface area contributed by atoms with Crippen LogP contribution in [0.1, 0.15) is 33.0 Å². The third-order valence-electron chi connectivity index (χ3n) is 5.68. The minimum atomic E-state index is -0.991. The van der Waals surface area contributed by atoms with Gasteiger partial charge in [-0.3, -0.25) is 19.3 Å². The summed E-state index contributed by atoms with van der Waals surface area (Å²) in [6.07, 6.45) is 0. The van der Waals surface area contributed by atoms with Crippen LogP contribution >= 0.6 is 15.9 Å². The van der Waals surface area contributed by atoms with Gasteiger partial charge in [-0.05, 0) is 34.9 Å². The van der Waals surface area contributed by atoms with Crippen molar-refractivity contribution in [2.75, 3.05) is 7.05 Å². The first-order chi connectivity index (χ1) is 12.0. The smallest absolute Gasteiger partial charge is 0.252 e. The van der Waals surface area contributed by atoms with Crippen LogP contribution in [0.2, 0.25) is 0 Å². The van der Waals surface area contributed by atoms with Crippen molar-refractivity contribution in [2.24, 2.45) is 5.92 Å². The molecule has 0 aromatic heterocycles. The number of benzene rings is 2. The summed E-state index contributed by atoms with van der Waals surface area (Å²) in [4.78, 5) is 39.6. The van der Waals surface area contributed by atoms with Crippen molar-refractivity contribution in [3.63, 3.8) is 0 Å². The number of hydrogen-bond acceptors (Lipinski definition) is 3. The average molecular weight is 397 g/mol. The van der Waals surface area contributed by atoms with Crippen molar-refractivity contribution in [2.45, 2.75) is 11.5 Å². The SMILES string of the molecule is CN1C(=O)C2c3ccccc3C3(NC(=O)c4ccc(Br)cc43)C2C1=O. The van der Waals surface area contributed by atoms with Gasteiger partial charge < -0.3 is 5.32 Å². The van der Waals surface area contributed by atoms with Crippen molar-refractivity contribution in [3.05, 3.63) is 69.2 Å². The van der Waals surface area contributed by atoms with E-state index in [-0.39, 0.29) is 17.7 Å². The number of nitrogens with zero attached hydrogens (tertiary/aromatic N) is 1. The quantitative estimate of drug-likeness (QED) is 0.693. The van der Waals surface area contributed by atoms with Gasteiger partial charge >= 0.3 is 0 Å². The lowest BCUT2D eigenvalue weighted by Crippen LogP contribution is -2.48. The van der Waals surface area contributed by atoms with E-state index in [0.717, 1.165) is 21.2 Å². The largest absolute Gasteiger partial charge is 0.337 e. The van der Waals surface area contributed by atoms with Gasteiger partial charge in [0, 0.05) is 17.1 Å². The highest BCUT2D eigenvalue weighted by Crippen LogP contribution is 2.58. The molecule has 3 atom stereocenters. The molecular weight excluding hydrogens is 384 g/mol. The number of nitrogens with one attached hydrogen (secondary N) is 1. The molecule has 0 saturated carbocycles. The zero-order valence-electron chi connectivity index (χ0n) is 13.2. The summed E-state index contributed by atoms with van der Waals surface area (Å²) in [5.41, 5.74) is 1.97. The predicted octanol–water partition coefficient (Wildman–Crippen LogP) is 2.15. The number of likely N-dealkylation sites (tertiary alicyclic amines) is 1. The highest BCUT2D eigenvalue weighted by Gasteiger charge is 2.66. The van der Waals surface area contributed by atoms with Crippen LogP contribution in [-0.4, -0.2) is 29.7 Å². The second kappa shape index (κ2) is 4.58. The molecule has 2 aliphatic heterocycles. The molecule has 25 heavy (non-hydrogen) atoms.